The average molecular weight is 768 g/mol. The molecular formula is C36H37N11O7S. The first kappa shape index (κ1) is 37.1. The zero-order valence-electron chi connectivity index (χ0n) is 29.0. The van der Waals surface area contributed by atoms with Gasteiger partial charge in [0.2, 0.25) is 15.9 Å². The number of nitrogens with zero attached hydrogens (tertiary/aromatic N) is 6. The maximum absolute atomic E-state index is 12.8. The summed E-state index contributed by atoms with van der Waals surface area (Å²) in [6, 6.07) is 23.0. The highest BCUT2D eigenvalue weighted by atomic mass is 32.2. The predicted octanol–water partition coefficient (Wildman–Crippen LogP) is 1.69. The minimum absolute atomic E-state index is 0.0814. The zero-order chi connectivity index (χ0) is 38.7. The molecule has 1 aliphatic rings. The van der Waals surface area contributed by atoms with E-state index in [2.05, 4.69) is 31.3 Å². The summed E-state index contributed by atoms with van der Waals surface area (Å²) >= 11 is 0. The Bertz CT molecular complexity index is 2370. The number of rotatable bonds is 12. The number of hydrogen-bond acceptors (Lipinski definition) is 12. The number of hydrogen-bond donors (Lipinski definition) is 8. The van der Waals surface area contributed by atoms with Crippen LogP contribution in [-0.2, 0) is 14.8 Å². The molecule has 1 saturated carbocycles. The highest BCUT2D eigenvalue weighted by molar-refractivity contribution is 7.89. The van der Waals surface area contributed by atoms with Crippen LogP contribution in [0.1, 0.15) is 29.5 Å². The lowest BCUT2D eigenvalue weighted by molar-refractivity contribution is -0.125. The van der Waals surface area contributed by atoms with Gasteiger partial charge in [0.05, 0.1) is 41.4 Å². The topological polar surface area (TPSA) is 265 Å². The molecule has 18 nitrogen and oxygen atoms in total. The lowest BCUT2D eigenvalue weighted by atomic mass is 9.91. The number of aliphatic hydroxyl groups is 3. The van der Waals surface area contributed by atoms with Gasteiger partial charge < -0.3 is 41.2 Å². The number of benzene rings is 3. The van der Waals surface area contributed by atoms with Crippen LogP contribution in [-0.4, -0.2) is 96.4 Å². The van der Waals surface area contributed by atoms with Gasteiger partial charge in [-0.15, -0.1) is 0 Å². The van der Waals surface area contributed by atoms with Gasteiger partial charge in [-0.3, -0.25) is 4.79 Å². The van der Waals surface area contributed by atoms with Crippen LogP contribution in [0.4, 0.5) is 22.0 Å². The van der Waals surface area contributed by atoms with Crippen LogP contribution >= 0.6 is 0 Å². The van der Waals surface area contributed by atoms with Crippen LogP contribution in [0.15, 0.2) is 109 Å². The van der Waals surface area contributed by atoms with E-state index in [0.717, 1.165) is 11.1 Å². The molecule has 3 heterocycles. The Hall–Kier alpha value is -6.25. The van der Waals surface area contributed by atoms with Crippen molar-refractivity contribution in [2.45, 2.75) is 41.5 Å². The van der Waals surface area contributed by atoms with Gasteiger partial charge in [0.15, 0.2) is 17.0 Å². The molecule has 19 heteroatoms. The molecule has 284 valence electrons. The Labute approximate surface area is 314 Å². The fourth-order valence-corrected chi connectivity index (χ4v) is 7.08. The first-order chi connectivity index (χ1) is 26.5. The molecule has 0 radical (unpaired) electrons. The molecule has 1 aliphatic carbocycles. The number of imidazole rings is 1. The van der Waals surface area contributed by atoms with E-state index in [1.807, 2.05) is 60.7 Å². The number of aliphatic hydroxyl groups excluding tert-OH is 3. The summed E-state index contributed by atoms with van der Waals surface area (Å²) in [6.07, 6.45) is 1.82. The molecule has 7 rings (SSSR count). The summed E-state index contributed by atoms with van der Waals surface area (Å²) in [5.41, 5.74) is 3.38. The monoisotopic (exact) mass is 767 g/mol. The molecule has 0 saturated heterocycles. The van der Waals surface area contributed by atoms with E-state index in [9.17, 15) is 33.3 Å². The number of fused-ring (bicyclic) bond motifs is 1. The van der Waals surface area contributed by atoms with E-state index in [1.165, 1.54) is 47.7 Å². The van der Waals surface area contributed by atoms with E-state index in [4.69, 9.17) is 15.1 Å². The summed E-state index contributed by atoms with van der Waals surface area (Å²) < 4.78 is 26.1. The molecule has 0 aliphatic heterocycles. The first-order valence-electron chi connectivity index (χ1n) is 17.1. The number of carbonyl (C=O) groups excluding carboxylic acids is 2. The van der Waals surface area contributed by atoms with Crippen molar-refractivity contribution in [2.24, 2.45) is 5.14 Å². The third-order valence-electron chi connectivity index (χ3n) is 9.27. The number of aromatic nitrogens is 6. The SMILES string of the molecule is NS(=O)(=O)c1ccc(NC(=O)Nc2cnn(-c3nc(NCC(c4ccccc4)c4ccccc4)c4ncn([C@@H]5C[C@H](NC(=O)CO)[C@@H](O)[C@H]5O)c4n3)c2)cc1. The number of carbonyl (C=O) groups is 2. The Morgan fingerprint density at radius 3 is 2.18 bits per heavy atom. The molecule has 3 amide bonds. The van der Waals surface area contributed by atoms with Crippen molar-refractivity contribution in [3.05, 3.63) is 115 Å². The van der Waals surface area contributed by atoms with Crippen molar-refractivity contribution in [3.8, 4) is 5.95 Å². The molecule has 0 spiro atoms. The number of urea groups is 1. The summed E-state index contributed by atoms with van der Waals surface area (Å²) in [5, 5.41) is 51.9. The number of sulfonamides is 1. The lowest BCUT2D eigenvalue weighted by Gasteiger charge is -2.20. The number of amides is 3. The van der Waals surface area contributed by atoms with E-state index < -0.39 is 52.9 Å². The Morgan fingerprint density at radius 2 is 1.55 bits per heavy atom. The van der Waals surface area contributed by atoms with Gasteiger partial charge >= 0.3 is 6.03 Å². The zero-order valence-corrected chi connectivity index (χ0v) is 29.8. The van der Waals surface area contributed by atoms with Crippen LogP contribution in [0.5, 0.6) is 0 Å². The van der Waals surface area contributed by atoms with Crippen molar-refractivity contribution >= 4 is 50.3 Å². The largest absolute Gasteiger partial charge is 0.388 e. The second kappa shape index (κ2) is 15.6. The number of nitrogens with two attached hydrogens (primary N) is 1. The summed E-state index contributed by atoms with van der Waals surface area (Å²) in [5.74, 6) is -0.348. The van der Waals surface area contributed by atoms with Crippen molar-refractivity contribution in [1.82, 2.24) is 34.6 Å². The van der Waals surface area contributed by atoms with Gasteiger partial charge in [0.25, 0.3) is 5.95 Å². The molecule has 0 bridgehead atoms. The minimum Gasteiger partial charge on any atom is -0.388 e. The fraction of sp³-hybridized carbons (Fsp3) is 0.222. The minimum atomic E-state index is -3.90. The summed E-state index contributed by atoms with van der Waals surface area (Å²) in [4.78, 5) is 38.8. The number of primary sulfonamides is 1. The van der Waals surface area contributed by atoms with Gasteiger partial charge in [-0.05, 0) is 41.8 Å². The normalized spacial score (nSPS) is 18.3. The third-order valence-corrected chi connectivity index (χ3v) is 10.2. The fourth-order valence-electron chi connectivity index (χ4n) is 6.57. The maximum atomic E-state index is 12.8. The Kier molecular flexibility index (Phi) is 10.5. The predicted molar refractivity (Wildman–Crippen MR) is 201 cm³/mol. The molecule has 6 aromatic rings. The third kappa shape index (κ3) is 8.15. The molecule has 3 aromatic heterocycles. The van der Waals surface area contributed by atoms with Crippen molar-refractivity contribution < 1.29 is 33.3 Å². The molecular weight excluding hydrogens is 731 g/mol. The van der Waals surface area contributed by atoms with Crippen LogP contribution in [0.25, 0.3) is 17.1 Å². The van der Waals surface area contributed by atoms with Gasteiger partial charge in [0.1, 0.15) is 18.8 Å². The molecule has 4 atom stereocenters. The van der Waals surface area contributed by atoms with Crippen molar-refractivity contribution in [3.63, 3.8) is 0 Å². The van der Waals surface area contributed by atoms with Gasteiger partial charge in [0, 0.05) is 18.2 Å². The molecule has 55 heavy (non-hydrogen) atoms. The van der Waals surface area contributed by atoms with Gasteiger partial charge in [-0.1, -0.05) is 60.7 Å². The van der Waals surface area contributed by atoms with Crippen LogP contribution in [0.3, 0.4) is 0 Å². The van der Waals surface area contributed by atoms with E-state index >= 15 is 0 Å². The second-order valence-electron chi connectivity index (χ2n) is 12.9. The summed E-state index contributed by atoms with van der Waals surface area (Å²) in [6.45, 7) is -0.371. The Balaban J connectivity index is 1.20. The van der Waals surface area contributed by atoms with Crippen LogP contribution < -0.4 is 26.4 Å². The van der Waals surface area contributed by atoms with Crippen molar-refractivity contribution in [2.75, 3.05) is 29.1 Å². The number of nitrogens with one attached hydrogen (secondary N) is 4. The molecule has 1 fully saturated rings. The van der Waals surface area contributed by atoms with Gasteiger partial charge in [-0.25, -0.2) is 28.0 Å². The maximum Gasteiger partial charge on any atom is 0.323 e. The average Bonchev–Trinajstić information content (AvgIpc) is 3.90. The second-order valence-corrected chi connectivity index (χ2v) is 14.5. The highest BCUT2D eigenvalue weighted by Crippen LogP contribution is 2.35. The van der Waals surface area contributed by atoms with Crippen LogP contribution in [0.2, 0.25) is 0 Å². The van der Waals surface area contributed by atoms with Crippen LogP contribution in [0, 0.1) is 0 Å². The van der Waals surface area contributed by atoms with E-state index in [-0.39, 0.29) is 28.9 Å². The van der Waals surface area contributed by atoms with Gasteiger partial charge in [-0.2, -0.15) is 15.1 Å². The highest BCUT2D eigenvalue weighted by Gasteiger charge is 2.44. The van der Waals surface area contributed by atoms with E-state index in [0.29, 0.717) is 29.2 Å². The standard InChI is InChI=1S/C36H37N11O7S/c37-55(53,54)25-13-11-23(12-14-25)41-36(52)42-24-16-40-47(18-24)35-44-33(38-17-26(21-7-3-1-4-8-21)22-9-5-2-6-10-22)30-34(45-35)46(20-39-30)28-15-27(31(50)32(28)51)43-29(49)19-48/h1-14,16,18,20,26-28,31-32,48,50-51H,15,17,19H2,(H,43,49)(H2,37,53,54)(H,38,44,45)(H2,41,42,52)/t27-,28+,31+,32-/m0/s1. The Morgan fingerprint density at radius 1 is 0.891 bits per heavy atom. The molecule has 9 N–H and O–H groups in total. The smallest absolute Gasteiger partial charge is 0.323 e. The quantitative estimate of drug-likeness (QED) is 0.0885. The summed E-state index contributed by atoms with van der Waals surface area (Å²) in [7, 11) is -3.90. The first-order valence-corrected chi connectivity index (χ1v) is 18.6. The van der Waals surface area contributed by atoms with E-state index in [1.54, 1.807) is 4.57 Å². The molecule has 0 unspecified atom stereocenters. The van der Waals surface area contributed by atoms with Crippen molar-refractivity contribution in [1.29, 1.82) is 0 Å². The molecule has 3 aromatic carbocycles. The lowest BCUT2D eigenvalue weighted by Crippen LogP contribution is -2.44. The number of anilines is 3.